The molecule has 2 heterocycles. The molecule has 9 nitrogen and oxygen atoms in total. The number of nitrogens with zero attached hydrogens (tertiary/aromatic N) is 1. The van der Waals surface area contributed by atoms with E-state index >= 15 is 0 Å². The highest BCUT2D eigenvalue weighted by Crippen LogP contribution is 2.44. The Labute approximate surface area is 231 Å². The summed E-state index contributed by atoms with van der Waals surface area (Å²) in [4.78, 5) is 31.8. The Hall–Kier alpha value is -4.92. The van der Waals surface area contributed by atoms with Gasteiger partial charge in [0.05, 0.1) is 40.1 Å². The number of ketones is 1. The number of aliphatic hydroxyl groups is 1. The summed E-state index contributed by atoms with van der Waals surface area (Å²) in [5.74, 6) is 0.397. The van der Waals surface area contributed by atoms with E-state index in [-0.39, 0.29) is 17.9 Å². The molecule has 1 amide bonds. The maximum Gasteiger partial charge on any atom is 0.295 e. The molecular formula is C31H30N2O7. The summed E-state index contributed by atoms with van der Waals surface area (Å²) in [7, 11) is 6.17. The maximum atomic E-state index is 13.5. The molecule has 1 aliphatic rings. The van der Waals surface area contributed by atoms with Crippen molar-refractivity contribution < 1.29 is 33.6 Å². The quantitative estimate of drug-likeness (QED) is 0.176. The molecule has 3 aromatic carbocycles. The van der Waals surface area contributed by atoms with Crippen LogP contribution in [0.4, 0.5) is 0 Å². The Balaban J connectivity index is 1.62. The number of fused-ring (bicyclic) bond motifs is 1. The number of benzene rings is 3. The number of carbonyl (C=O) groups excluding carboxylic acids is 2. The molecule has 1 fully saturated rings. The molecule has 0 bridgehead atoms. The van der Waals surface area contributed by atoms with Crippen LogP contribution in [0.3, 0.4) is 0 Å². The van der Waals surface area contributed by atoms with E-state index in [2.05, 4.69) is 4.98 Å². The van der Waals surface area contributed by atoms with E-state index < -0.39 is 17.7 Å². The van der Waals surface area contributed by atoms with Gasteiger partial charge in [0.2, 0.25) is 0 Å². The molecule has 0 saturated carbocycles. The summed E-state index contributed by atoms with van der Waals surface area (Å²) in [5.41, 5.74) is 2.73. The number of carbonyl (C=O) groups is 2. The predicted octanol–water partition coefficient (Wildman–Crippen LogP) is 4.87. The Morgan fingerprint density at radius 3 is 2.30 bits per heavy atom. The van der Waals surface area contributed by atoms with Crippen LogP contribution in [0.2, 0.25) is 0 Å². The number of aromatic amines is 1. The van der Waals surface area contributed by atoms with Crippen molar-refractivity contribution in [1.82, 2.24) is 9.88 Å². The summed E-state index contributed by atoms with van der Waals surface area (Å²) >= 11 is 0. The first-order valence-electron chi connectivity index (χ1n) is 12.7. The van der Waals surface area contributed by atoms with E-state index in [9.17, 15) is 14.7 Å². The topological polar surface area (TPSA) is 110 Å². The third-order valence-electron chi connectivity index (χ3n) is 7.21. The van der Waals surface area contributed by atoms with Crippen molar-refractivity contribution in [2.24, 2.45) is 0 Å². The largest absolute Gasteiger partial charge is 0.507 e. The Morgan fingerprint density at radius 2 is 1.57 bits per heavy atom. The van der Waals surface area contributed by atoms with Crippen LogP contribution in [0.25, 0.3) is 16.7 Å². The first kappa shape index (κ1) is 26.7. The summed E-state index contributed by atoms with van der Waals surface area (Å²) in [5, 5.41) is 12.4. The average Bonchev–Trinajstić information content (AvgIpc) is 3.52. The second-order valence-corrected chi connectivity index (χ2v) is 9.31. The van der Waals surface area contributed by atoms with Gasteiger partial charge in [-0.05, 0) is 60.5 Å². The fraction of sp³-hybridized carbons (Fsp3) is 0.226. The minimum atomic E-state index is -0.920. The molecule has 5 rings (SSSR count). The van der Waals surface area contributed by atoms with Crippen molar-refractivity contribution in [1.29, 1.82) is 0 Å². The Morgan fingerprint density at radius 1 is 0.875 bits per heavy atom. The van der Waals surface area contributed by atoms with Crippen LogP contribution in [-0.4, -0.2) is 61.7 Å². The fourth-order valence-electron chi connectivity index (χ4n) is 5.15. The second kappa shape index (κ2) is 11.1. The number of hydrogen-bond acceptors (Lipinski definition) is 7. The van der Waals surface area contributed by atoms with Crippen LogP contribution in [0, 0.1) is 0 Å². The molecule has 9 heteroatoms. The number of ether oxygens (including phenoxy) is 4. The van der Waals surface area contributed by atoms with Crippen LogP contribution in [0.5, 0.6) is 23.0 Å². The van der Waals surface area contributed by atoms with Gasteiger partial charge in [0.15, 0.2) is 0 Å². The first-order valence-corrected chi connectivity index (χ1v) is 12.7. The van der Waals surface area contributed by atoms with Crippen LogP contribution in [0.15, 0.2) is 72.4 Å². The van der Waals surface area contributed by atoms with Gasteiger partial charge in [-0.25, -0.2) is 0 Å². The molecule has 0 aliphatic carbocycles. The zero-order chi connectivity index (χ0) is 28.4. The highest BCUT2D eigenvalue weighted by Gasteiger charge is 2.47. The SMILES string of the molecule is COc1cccc(/C(O)=C2/C(=O)C(=O)N(CCc3c[nH]c4ccc(OC)cc34)C2c2cc(OC)ccc2OC)c1. The van der Waals surface area contributed by atoms with Crippen molar-refractivity contribution in [2.75, 3.05) is 35.0 Å². The van der Waals surface area contributed by atoms with E-state index in [4.69, 9.17) is 18.9 Å². The van der Waals surface area contributed by atoms with E-state index in [1.807, 2.05) is 24.4 Å². The number of aromatic nitrogens is 1. The summed E-state index contributed by atoms with van der Waals surface area (Å²) in [6.45, 7) is 0.203. The van der Waals surface area contributed by atoms with Gasteiger partial charge in [0.25, 0.3) is 11.7 Å². The molecule has 1 unspecified atom stereocenters. The van der Waals surface area contributed by atoms with E-state index in [0.29, 0.717) is 40.5 Å². The third-order valence-corrected chi connectivity index (χ3v) is 7.21. The molecule has 1 aromatic heterocycles. The van der Waals surface area contributed by atoms with Crippen molar-refractivity contribution in [3.63, 3.8) is 0 Å². The number of nitrogens with one attached hydrogen (secondary N) is 1. The highest BCUT2D eigenvalue weighted by molar-refractivity contribution is 6.46. The van der Waals surface area contributed by atoms with Gasteiger partial charge in [-0.3, -0.25) is 9.59 Å². The fourth-order valence-corrected chi connectivity index (χ4v) is 5.15. The number of aliphatic hydroxyl groups excluding tert-OH is 1. The average molecular weight is 543 g/mol. The maximum absolute atomic E-state index is 13.5. The van der Waals surface area contributed by atoms with Crippen LogP contribution >= 0.6 is 0 Å². The number of hydrogen-bond donors (Lipinski definition) is 2. The number of likely N-dealkylation sites (tertiary alicyclic amines) is 1. The van der Waals surface area contributed by atoms with Crippen LogP contribution in [0.1, 0.15) is 22.7 Å². The lowest BCUT2D eigenvalue weighted by atomic mass is 9.94. The molecule has 0 spiro atoms. The normalized spacial score (nSPS) is 16.4. The van der Waals surface area contributed by atoms with Crippen molar-refractivity contribution >= 4 is 28.4 Å². The lowest BCUT2D eigenvalue weighted by molar-refractivity contribution is -0.139. The molecule has 4 aromatic rings. The molecule has 2 N–H and O–H groups in total. The summed E-state index contributed by atoms with van der Waals surface area (Å²) in [6.07, 6.45) is 2.33. The van der Waals surface area contributed by atoms with Gasteiger partial charge in [0, 0.05) is 34.8 Å². The van der Waals surface area contributed by atoms with Gasteiger partial charge in [-0.15, -0.1) is 0 Å². The molecule has 1 atom stereocenters. The number of H-pyrrole nitrogens is 1. The van der Waals surface area contributed by atoms with Crippen LogP contribution in [-0.2, 0) is 16.0 Å². The van der Waals surface area contributed by atoms with Crippen molar-refractivity contribution in [2.45, 2.75) is 12.5 Å². The lowest BCUT2D eigenvalue weighted by Gasteiger charge is -2.27. The van der Waals surface area contributed by atoms with E-state index in [0.717, 1.165) is 16.5 Å². The second-order valence-electron chi connectivity index (χ2n) is 9.31. The van der Waals surface area contributed by atoms with Crippen molar-refractivity contribution in [3.8, 4) is 23.0 Å². The lowest BCUT2D eigenvalue weighted by Crippen LogP contribution is -2.31. The highest BCUT2D eigenvalue weighted by atomic mass is 16.5. The number of rotatable bonds is 9. The monoisotopic (exact) mass is 542 g/mol. The van der Waals surface area contributed by atoms with Gasteiger partial charge < -0.3 is 33.9 Å². The van der Waals surface area contributed by atoms with E-state index in [1.165, 1.54) is 26.2 Å². The first-order chi connectivity index (χ1) is 19.4. The van der Waals surface area contributed by atoms with Gasteiger partial charge in [0.1, 0.15) is 28.8 Å². The molecule has 40 heavy (non-hydrogen) atoms. The number of amides is 1. The minimum Gasteiger partial charge on any atom is -0.507 e. The molecule has 206 valence electrons. The molecule has 0 radical (unpaired) electrons. The zero-order valence-electron chi connectivity index (χ0n) is 22.7. The Kier molecular flexibility index (Phi) is 7.37. The molecule has 1 aliphatic heterocycles. The third kappa shape index (κ3) is 4.70. The zero-order valence-corrected chi connectivity index (χ0v) is 22.7. The smallest absolute Gasteiger partial charge is 0.295 e. The van der Waals surface area contributed by atoms with Crippen LogP contribution < -0.4 is 18.9 Å². The number of methoxy groups -OCH3 is 4. The Bertz CT molecular complexity index is 1620. The van der Waals surface area contributed by atoms with Gasteiger partial charge >= 0.3 is 0 Å². The molecular weight excluding hydrogens is 512 g/mol. The predicted molar refractivity (Wildman–Crippen MR) is 150 cm³/mol. The number of Topliss-reactive ketones (excluding diaryl/α,β-unsaturated/α-hetero) is 1. The summed E-state index contributed by atoms with van der Waals surface area (Å²) < 4.78 is 21.8. The standard InChI is InChI=1S/C31H30N2O7/c1-37-20-7-5-6-18(14-20)29(34)27-28(24-16-22(39-3)9-11-26(24)40-4)33(31(36)30(27)35)13-12-19-17-32-25-10-8-21(38-2)15-23(19)25/h5-11,14-17,28,32,34H,12-13H2,1-4H3/b29-27-. The van der Waals surface area contributed by atoms with E-state index in [1.54, 1.807) is 49.6 Å². The van der Waals surface area contributed by atoms with Gasteiger partial charge in [-0.1, -0.05) is 12.1 Å². The van der Waals surface area contributed by atoms with Crippen molar-refractivity contribution in [3.05, 3.63) is 89.1 Å². The van der Waals surface area contributed by atoms with Gasteiger partial charge in [-0.2, -0.15) is 0 Å². The minimum absolute atomic E-state index is 0.0367. The summed E-state index contributed by atoms with van der Waals surface area (Å²) in [6, 6.07) is 16.7. The molecule has 1 saturated heterocycles.